The van der Waals surface area contributed by atoms with Crippen LogP contribution < -0.4 is 5.73 Å². The van der Waals surface area contributed by atoms with Gasteiger partial charge in [-0.1, -0.05) is 12.1 Å². The fourth-order valence-electron chi connectivity index (χ4n) is 1.81. The van der Waals surface area contributed by atoms with Gasteiger partial charge >= 0.3 is 0 Å². The van der Waals surface area contributed by atoms with Gasteiger partial charge in [0.1, 0.15) is 0 Å². The number of primary amides is 1. The lowest BCUT2D eigenvalue weighted by Crippen LogP contribution is -2.19. The first kappa shape index (κ1) is 8.26. The van der Waals surface area contributed by atoms with Crippen molar-refractivity contribution in [1.29, 1.82) is 0 Å². The second kappa shape index (κ2) is 2.85. The van der Waals surface area contributed by atoms with Crippen LogP contribution in [0.5, 0.6) is 0 Å². The van der Waals surface area contributed by atoms with Gasteiger partial charge in [-0.3, -0.25) is 4.79 Å². The van der Waals surface area contributed by atoms with Crippen LogP contribution in [0.2, 0.25) is 0 Å². The number of fused-ring (bicyclic) bond motifs is 1. The molecule has 0 aromatic heterocycles. The van der Waals surface area contributed by atoms with E-state index in [1.54, 1.807) is 18.2 Å². The summed E-state index contributed by atoms with van der Waals surface area (Å²) in [5.74, 6) is -0.705. The molecule has 1 aliphatic carbocycles. The quantitative estimate of drug-likeness (QED) is 0.654. The number of aliphatic hydroxyl groups excluding tert-OH is 1. The number of aliphatic hydroxyl groups is 1. The lowest BCUT2D eigenvalue weighted by atomic mass is 10.0. The zero-order chi connectivity index (χ0) is 9.42. The van der Waals surface area contributed by atoms with E-state index in [4.69, 9.17) is 5.73 Å². The lowest BCUT2D eigenvalue weighted by Gasteiger charge is -2.04. The van der Waals surface area contributed by atoms with Crippen LogP contribution in [-0.4, -0.2) is 11.0 Å². The normalized spacial score (nSPS) is 25.6. The standard InChI is InChI=1S/C10H10NO2/c11-10(13)8-5-9(12)7-4-2-1-3-6(7)8/h1,3-4,8-9,12H,5H2,(H2,11,13). The Labute approximate surface area is 76.2 Å². The summed E-state index contributed by atoms with van der Waals surface area (Å²) in [7, 11) is 0. The van der Waals surface area contributed by atoms with Gasteiger partial charge in [0.2, 0.25) is 5.91 Å². The Kier molecular flexibility index (Phi) is 1.81. The van der Waals surface area contributed by atoms with Gasteiger partial charge in [0.25, 0.3) is 0 Å². The third-order valence-electron chi connectivity index (χ3n) is 2.47. The molecule has 2 rings (SSSR count). The van der Waals surface area contributed by atoms with Gasteiger partial charge in [-0.15, -0.1) is 0 Å². The zero-order valence-electron chi connectivity index (χ0n) is 7.03. The van der Waals surface area contributed by atoms with Crippen molar-refractivity contribution in [2.45, 2.75) is 18.4 Å². The average molecular weight is 176 g/mol. The molecule has 0 aliphatic heterocycles. The summed E-state index contributed by atoms with van der Waals surface area (Å²) in [5.41, 5.74) is 6.84. The second-order valence-electron chi connectivity index (χ2n) is 3.26. The van der Waals surface area contributed by atoms with E-state index in [0.717, 1.165) is 11.1 Å². The molecule has 0 heterocycles. The molecule has 2 atom stereocenters. The molecule has 67 valence electrons. The van der Waals surface area contributed by atoms with E-state index in [1.165, 1.54) is 0 Å². The van der Waals surface area contributed by atoms with Crippen molar-refractivity contribution >= 4 is 5.91 Å². The predicted octanol–water partition coefficient (Wildman–Crippen LogP) is 0.493. The minimum Gasteiger partial charge on any atom is -0.388 e. The summed E-state index contributed by atoms with van der Waals surface area (Å²) in [5, 5.41) is 9.57. The molecule has 0 saturated heterocycles. The van der Waals surface area contributed by atoms with Crippen LogP contribution >= 0.6 is 0 Å². The Morgan fingerprint density at radius 2 is 2.38 bits per heavy atom. The number of hydrogen-bond acceptors (Lipinski definition) is 2. The fraction of sp³-hybridized carbons (Fsp3) is 0.300. The van der Waals surface area contributed by atoms with Gasteiger partial charge in [0, 0.05) is 0 Å². The van der Waals surface area contributed by atoms with E-state index in [2.05, 4.69) is 6.07 Å². The lowest BCUT2D eigenvalue weighted by molar-refractivity contribution is -0.119. The van der Waals surface area contributed by atoms with Crippen molar-refractivity contribution in [3.63, 3.8) is 0 Å². The van der Waals surface area contributed by atoms with Gasteiger partial charge in [-0.05, 0) is 29.7 Å². The minimum absolute atomic E-state index is 0.334. The van der Waals surface area contributed by atoms with Crippen molar-refractivity contribution in [3.05, 3.63) is 35.4 Å². The first-order valence-corrected chi connectivity index (χ1v) is 4.17. The molecule has 3 N–H and O–H groups in total. The molecule has 1 aromatic rings. The molecule has 1 radical (unpaired) electrons. The number of rotatable bonds is 1. The summed E-state index contributed by atoms with van der Waals surface area (Å²) < 4.78 is 0. The molecule has 3 nitrogen and oxygen atoms in total. The Balaban J connectivity index is 2.47. The number of carbonyl (C=O) groups excluding carboxylic acids is 1. The van der Waals surface area contributed by atoms with Gasteiger partial charge in [0.05, 0.1) is 12.0 Å². The zero-order valence-corrected chi connectivity index (χ0v) is 7.03. The predicted molar refractivity (Wildman–Crippen MR) is 46.8 cm³/mol. The highest BCUT2D eigenvalue weighted by atomic mass is 16.3. The molecule has 0 fully saturated rings. The van der Waals surface area contributed by atoms with Crippen LogP contribution in [0, 0.1) is 6.07 Å². The van der Waals surface area contributed by atoms with Crippen molar-refractivity contribution in [2.75, 3.05) is 0 Å². The minimum atomic E-state index is -0.565. The van der Waals surface area contributed by atoms with E-state index in [0.29, 0.717) is 6.42 Å². The summed E-state index contributed by atoms with van der Waals surface area (Å²) in [6.45, 7) is 0. The summed E-state index contributed by atoms with van der Waals surface area (Å²) in [4.78, 5) is 11.0. The number of amides is 1. The number of carbonyl (C=O) groups is 1. The van der Waals surface area contributed by atoms with Crippen molar-refractivity contribution in [3.8, 4) is 0 Å². The molecule has 0 spiro atoms. The van der Waals surface area contributed by atoms with Crippen LogP contribution in [-0.2, 0) is 4.79 Å². The van der Waals surface area contributed by atoms with E-state index in [1.807, 2.05) is 0 Å². The van der Waals surface area contributed by atoms with Crippen LogP contribution in [0.25, 0.3) is 0 Å². The van der Waals surface area contributed by atoms with Gasteiger partial charge in [-0.25, -0.2) is 0 Å². The van der Waals surface area contributed by atoms with Gasteiger partial charge < -0.3 is 10.8 Å². The summed E-state index contributed by atoms with van der Waals surface area (Å²) in [6.07, 6.45) is -0.160. The van der Waals surface area contributed by atoms with Crippen LogP contribution in [0.1, 0.15) is 29.6 Å². The molecule has 1 aromatic carbocycles. The Morgan fingerprint density at radius 1 is 1.62 bits per heavy atom. The maximum atomic E-state index is 11.0. The van der Waals surface area contributed by atoms with Gasteiger partial charge in [0.15, 0.2) is 0 Å². The number of benzene rings is 1. The van der Waals surface area contributed by atoms with Crippen molar-refractivity contribution < 1.29 is 9.90 Å². The fourth-order valence-corrected chi connectivity index (χ4v) is 1.81. The monoisotopic (exact) mass is 176 g/mol. The van der Waals surface area contributed by atoms with E-state index < -0.39 is 6.10 Å². The molecule has 0 saturated carbocycles. The van der Waals surface area contributed by atoms with E-state index >= 15 is 0 Å². The largest absolute Gasteiger partial charge is 0.388 e. The van der Waals surface area contributed by atoms with E-state index in [9.17, 15) is 9.90 Å². The third-order valence-corrected chi connectivity index (χ3v) is 2.47. The molecule has 13 heavy (non-hydrogen) atoms. The first-order chi connectivity index (χ1) is 6.20. The van der Waals surface area contributed by atoms with Crippen molar-refractivity contribution in [1.82, 2.24) is 0 Å². The SMILES string of the molecule is NC(=O)C1CC(O)c2c[c]ccc21. The number of hydrogen-bond donors (Lipinski definition) is 2. The Morgan fingerprint density at radius 3 is 3.08 bits per heavy atom. The summed E-state index contributed by atoms with van der Waals surface area (Å²) in [6, 6.07) is 8.10. The van der Waals surface area contributed by atoms with Crippen LogP contribution in [0.3, 0.4) is 0 Å². The summed E-state index contributed by atoms with van der Waals surface area (Å²) >= 11 is 0. The van der Waals surface area contributed by atoms with E-state index in [-0.39, 0.29) is 11.8 Å². The molecular weight excluding hydrogens is 166 g/mol. The van der Waals surface area contributed by atoms with Crippen LogP contribution in [0.4, 0.5) is 0 Å². The molecule has 1 aliphatic rings. The third kappa shape index (κ3) is 1.21. The Hall–Kier alpha value is -1.35. The average Bonchev–Trinajstić information content (AvgIpc) is 2.45. The maximum absolute atomic E-state index is 11.0. The smallest absolute Gasteiger partial charge is 0.225 e. The highest BCUT2D eigenvalue weighted by Gasteiger charge is 2.32. The number of nitrogens with two attached hydrogens (primary N) is 1. The molecule has 0 bridgehead atoms. The molecular formula is C10H10NO2. The first-order valence-electron chi connectivity index (χ1n) is 4.17. The maximum Gasteiger partial charge on any atom is 0.225 e. The molecule has 1 amide bonds. The van der Waals surface area contributed by atoms with Crippen LogP contribution in [0.15, 0.2) is 18.2 Å². The highest BCUT2D eigenvalue weighted by molar-refractivity contribution is 5.83. The topological polar surface area (TPSA) is 63.3 Å². The highest BCUT2D eigenvalue weighted by Crippen LogP contribution is 2.39. The molecule has 3 heteroatoms. The van der Waals surface area contributed by atoms with Crippen molar-refractivity contribution in [2.24, 2.45) is 5.73 Å². The Bertz CT molecular complexity index is 349. The van der Waals surface area contributed by atoms with Gasteiger partial charge in [-0.2, -0.15) is 0 Å². The molecule has 2 unspecified atom stereocenters. The second-order valence-corrected chi connectivity index (χ2v) is 3.26.